The van der Waals surface area contributed by atoms with Crippen molar-refractivity contribution in [2.75, 3.05) is 6.26 Å². The second kappa shape index (κ2) is 7.30. The summed E-state index contributed by atoms with van der Waals surface area (Å²) in [6.45, 7) is 1.76. The number of sulfone groups is 1. The van der Waals surface area contributed by atoms with Gasteiger partial charge in [0, 0.05) is 23.9 Å². The number of aromatic nitrogens is 2. The van der Waals surface area contributed by atoms with E-state index < -0.39 is 21.7 Å². The first-order chi connectivity index (χ1) is 12.6. The first-order valence-corrected chi connectivity index (χ1v) is 11.0. The molecule has 4 nitrogen and oxygen atoms in total. The van der Waals surface area contributed by atoms with Crippen LogP contribution in [0.25, 0.3) is 11.3 Å². The molecule has 0 atom stereocenters. The summed E-state index contributed by atoms with van der Waals surface area (Å²) in [4.78, 5) is 0.136. The third kappa shape index (κ3) is 4.05. The Morgan fingerprint density at radius 1 is 1.11 bits per heavy atom. The number of aryl methyl sites for hydroxylation is 1. The topological polar surface area (TPSA) is 52.0 Å². The number of alkyl halides is 3. The molecule has 0 N–H and O–H groups in total. The van der Waals surface area contributed by atoms with Crippen molar-refractivity contribution < 1.29 is 21.6 Å². The van der Waals surface area contributed by atoms with E-state index in [1.165, 1.54) is 12.1 Å². The molecule has 0 saturated heterocycles. The van der Waals surface area contributed by atoms with Crippen LogP contribution in [0.3, 0.4) is 0 Å². The van der Waals surface area contributed by atoms with Gasteiger partial charge in [0.2, 0.25) is 0 Å². The van der Waals surface area contributed by atoms with Gasteiger partial charge in [0.25, 0.3) is 0 Å². The summed E-state index contributed by atoms with van der Waals surface area (Å²) in [5, 5.41) is 4.28. The summed E-state index contributed by atoms with van der Waals surface area (Å²) < 4.78 is 65.9. The normalized spacial score (nSPS) is 16.6. The lowest BCUT2D eigenvalue weighted by molar-refractivity contribution is -0.145. The van der Waals surface area contributed by atoms with Crippen molar-refractivity contribution in [2.45, 2.75) is 62.6 Å². The van der Waals surface area contributed by atoms with E-state index in [1.54, 1.807) is 19.1 Å². The molecule has 1 saturated carbocycles. The predicted octanol–water partition coefficient (Wildman–Crippen LogP) is 5.04. The van der Waals surface area contributed by atoms with E-state index in [4.69, 9.17) is 0 Å². The third-order valence-corrected chi connectivity index (χ3v) is 6.25. The van der Waals surface area contributed by atoms with Gasteiger partial charge in [-0.05, 0) is 37.8 Å². The van der Waals surface area contributed by atoms with Gasteiger partial charge in [-0.1, -0.05) is 31.4 Å². The molecule has 1 heterocycles. The Hall–Kier alpha value is -1.83. The SMILES string of the molecule is CCn1nc(-c2ccc(S(C)(=O)=O)cc2)c(C2CCCCC2)c1C(F)(F)F. The minimum Gasteiger partial charge on any atom is -0.260 e. The zero-order valence-corrected chi connectivity index (χ0v) is 16.2. The summed E-state index contributed by atoms with van der Waals surface area (Å²) in [5.74, 6) is -0.180. The molecular weight excluding hydrogens is 377 g/mol. The molecule has 27 heavy (non-hydrogen) atoms. The number of benzene rings is 1. The molecule has 0 amide bonds. The van der Waals surface area contributed by atoms with E-state index in [2.05, 4.69) is 5.10 Å². The summed E-state index contributed by atoms with van der Waals surface area (Å²) in [6.07, 6.45) is 0.902. The van der Waals surface area contributed by atoms with Gasteiger partial charge in [0.05, 0.1) is 10.6 Å². The van der Waals surface area contributed by atoms with Crippen molar-refractivity contribution in [1.82, 2.24) is 9.78 Å². The smallest absolute Gasteiger partial charge is 0.260 e. The number of hydrogen-bond acceptors (Lipinski definition) is 3. The minimum atomic E-state index is -4.49. The van der Waals surface area contributed by atoms with E-state index in [1.807, 2.05) is 0 Å². The van der Waals surface area contributed by atoms with Gasteiger partial charge in [0.15, 0.2) is 9.84 Å². The maximum atomic E-state index is 13.9. The van der Waals surface area contributed by atoms with Crippen LogP contribution in [0, 0.1) is 0 Å². The largest absolute Gasteiger partial charge is 0.433 e. The molecule has 0 aliphatic heterocycles. The Morgan fingerprint density at radius 2 is 1.70 bits per heavy atom. The first-order valence-electron chi connectivity index (χ1n) is 9.11. The Kier molecular flexibility index (Phi) is 5.38. The maximum absolute atomic E-state index is 13.9. The lowest BCUT2D eigenvalue weighted by Gasteiger charge is -2.24. The van der Waals surface area contributed by atoms with Crippen LogP contribution >= 0.6 is 0 Å². The van der Waals surface area contributed by atoms with Gasteiger partial charge in [0.1, 0.15) is 5.69 Å². The summed E-state index contributed by atoms with van der Waals surface area (Å²) in [5.41, 5.74) is 0.423. The van der Waals surface area contributed by atoms with E-state index in [-0.39, 0.29) is 22.9 Å². The molecule has 1 aromatic carbocycles. The second-order valence-electron chi connectivity index (χ2n) is 7.06. The number of rotatable bonds is 4. The van der Waals surface area contributed by atoms with Crippen LogP contribution in [-0.4, -0.2) is 24.5 Å². The van der Waals surface area contributed by atoms with Gasteiger partial charge < -0.3 is 0 Å². The molecule has 0 bridgehead atoms. The van der Waals surface area contributed by atoms with Crippen molar-refractivity contribution in [1.29, 1.82) is 0 Å². The van der Waals surface area contributed by atoms with Crippen molar-refractivity contribution in [3.05, 3.63) is 35.5 Å². The van der Waals surface area contributed by atoms with E-state index in [9.17, 15) is 21.6 Å². The van der Waals surface area contributed by atoms with Gasteiger partial charge >= 0.3 is 6.18 Å². The number of nitrogens with zero attached hydrogens (tertiary/aromatic N) is 2. The van der Waals surface area contributed by atoms with E-state index >= 15 is 0 Å². The maximum Gasteiger partial charge on any atom is 0.433 e. The molecule has 148 valence electrons. The fourth-order valence-electron chi connectivity index (χ4n) is 3.85. The molecule has 1 aliphatic rings. The first kappa shape index (κ1) is 19.9. The standard InChI is InChI=1S/C19H23F3N2O2S/c1-3-24-18(19(20,21)22)16(13-7-5-4-6-8-13)17(23-24)14-9-11-15(12-10-14)27(2,25)26/h9-13H,3-8H2,1-2H3. The molecule has 1 aliphatic carbocycles. The van der Waals surface area contributed by atoms with Gasteiger partial charge in [-0.2, -0.15) is 18.3 Å². The van der Waals surface area contributed by atoms with Gasteiger partial charge in [-0.3, -0.25) is 4.68 Å². The zero-order chi connectivity index (χ0) is 19.8. The average molecular weight is 400 g/mol. The van der Waals surface area contributed by atoms with Crippen molar-refractivity contribution in [3.63, 3.8) is 0 Å². The highest BCUT2D eigenvalue weighted by Gasteiger charge is 2.42. The van der Waals surface area contributed by atoms with E-state index in [0.717, 1.165) is 30.2 Å². The van der Waals surface area contributed by atoms with Crippen molar-refractivity contribution in [3.8, 4) is 11.3 Å². The van der Waals surface area contributed by atoms with Crippen molar-refractivity contribution >= 4 is 9.84 Å². The highest BCUT2D eigenvalue weighted by molar-refractivity contribution is 7.90. The Bertz CT molecular complexity index is 910. The number of halogens is 3. The predicted molar refractivity (Wildman–Crippen MR) is 97.3 cm³/mol. The second-order valence-corrected chi connectivity index (χ2v) is 9.07. The molecule has 0 unspecified atom stereocenters. The average Bonchev–Trinajstić information content (AvgIpc) is 3.02. The van der Waals surface area contributed by atoms with Crippen LogP contribution in [0.4, 0.5) is 13.2 Å². The molecule has 1 aromatic heterocycles. The van der Waals surface area contributed by atoms with Crippen LogP contribution in [-0.2, 0) is 22.6 Å². The number of hydrogen-bond donors (Lipinski definition) is 0. The lowest BCUT2D eigenvalue weighted by Crippen LogP contribution is -2.18. The highest BCUT2D eigenvalue weighted by Crippen LogP contribution is 2.45. The zero-order valence-electron chi connectivity index (χ0n) is 15.4. The molecule has 0 radical (unpaired) electrons. The van der Waals surface area contributed by atoms with Crippen LogP contribution in [0.15, 0.2) is 29.2 Å². The molecule has 2 aromatic rings. The molecular formula is C19H23F3N2O2S. The van der Waals surface area contributed by atoms with Gasteiger partial charge in [-0.15, -0.1) is 0 Å². The van der Waals surface area contributed by atoms with Crippen LogP contribution < -0.4 is 0 Å². The Balaban J connectivity index is 2.18. The lowest BCUT2D eigenvalue weighted by atomic mass is 9.82. The summed E-state index contributed by atoms with van der Waals surface area (Å²) >= 11 is 0. The monoisotopic (exact) mass is 400 g/mol. The molecule has 0 spiro atoms. The summed E-state index contributed by atoms with van der Waals surface area (Å²) in [7, 11) is -3.37. The molecule has 8 heteroatoms. The highest BCUT2D eigenvalue weighted by atomic mass is 32.2. The van der Waals surface area contributed by atoms with Gasteiger partial charge in [-0.25, -0.2) is 8.42 Å². The Labute approximate surface area is 157 Å². The van der Waals surface area contributed by atoms with Crippen LogP contribution in [0.2, 0.25) is 0 Å². The Morgan fingerprint density at radius 3 is 2.19 bits per heavy atom. The van der Waals surface area contributed by atoms with Crippen LogP contribution in [0.1, 0.15) is 56.2 Å². The third-order valence-electron chi connectivity index (χ3n) is 5.13. The molecule has 3 rings (SSSR count). The quantitative estimate of drug-likeness (QED) is 0.722. The minimum absolute atomic E-state index is 0.121. The van der Waals surface area contributed by atoms with Crippen molar-refractivity contribution in [2.24, 2.45) is 0 Å². The fourth-order valence-corrected chi connectivity index (χ4v) is 4.49. The molecule has 1 fully saturated rings. The fraction of sp³-hybridized carbons (Fsp3) is 0.526. The van der Waals surface area contributed by atoms with E-state index in [0.29, 0.717) is 24.1 Å². The van der Waals surface area contributed by atoms with Crippen LogP contribution in [0.5, 0.6) is 0 Å². The summed E-state index contributed by atoms with van der Waals surface area (Å²) in [6, 6.07) is 5.94.